The van der Waals surface area contributed by atoms with Gasteiger partial charge in [0.05, 0.1) is 5.71 Å². The highest BCUT2D eigenvalue weighted by Gasteiger charge is 2.23. The fourth-order valence-electron chi connectivity index (χ4n) is 5.48. The molecule has 0 spiro atoms. The molecule has 1 saturated carbocycles. The summed E-state index contributed by atoms with van der Waals surface area (Å²) in [5.74, 6) is -0.484. The van der Waals surface area contributed by atoms with Crippen molar-refractivity contribution in [1.82, 2.24) is 4.57 Å². The van der Waals surface area contributed by atoms with Gasteiger partial charge in [0.2, 0.25) is 0 Å². The van der Waals surface area contributed by atoms with E-state index in [2.05, 4.69) is 40.9 Å². The lowest BCUT2D eigenvalue weighted by atomic mass is 9.83. The molecule has 1 aliphatic carbocycles. The maximum Gasteiger partial charge on any atom is 0.300 e. The number of carboxylic acids is 1. The van der Waals surface area contributed by atoms with E-state index in [0.717, 1.165) is 70.5 Å². The number of ketones is 1. The molecule has 0 aliphatic heterocycles. The fourth-order valence-corrected chi connectivity index (χ4v) is 5.48. The molecular formula is C31H34N2O4. The second-order valence-corrected chi connectivity index (χ2v) is 9.69. The second-order valence-electron chi connectivity index (χ2n) is 9.69. The monoisotopic (exact) mass is 498 g/mol. The third-order valence-corrected chi connectivity index (χ3v) is 7.23. The van der Waals surface area contributed by atoms with E-state index >= 15 is 0 Å². The molecule has 3 aromatic carbocycles. The van der Waals surface area contributed by atoms with Crippen LogP contribution in [-0.4, -0.2) is 32.3 Å². The molecule has 5 rings (SSSR count). The molecule has 2 N–H and O–H groups in total. The first-order valence-electron chi connectivity index (χ1n) is 12.9. The van der Waals surface area contributed by atoms with Gasteiger partial charge in [0.1, 0.15) is 0 Å². The summed E-state index contributed by atoms with van der Waals surface area (Å²) in [5.41, 5.74) is 6.44. The van der Waals surface area contributed by atoms with Gasteiger partial charge in [0.25, 0.3) is 5.97 Å². The number of nitrogens with zero attached hydrogens (tertiary/aromatic N) is 2. The average Bonchev–Trinajstić information content (AvgIpc) is 3.21. The normalized spacial score (nSPS) is 14.4. The molecule has 0 radical (unpaired) electrons. The lowest BCUT2D eigenvalue weighted by molar-refractivity contribution is -0.134. The summed E-state index contributed by atoms with van der Waals surface area (Å²) in [4.78, 5) is 22.3. The van der Waals surface area contributed by atoms with Gasteiger partial charge in [-0.05, 0) is 62.6 Å². The summed E-state index contributed by atoms with van der Waals surface area (Å²) in [7, 11) is 0. The van der Waals surface area contributed by atoms with Crippen LogP contribution in [0.3, 0.4) is 0 Å². The predicted molar refractivity (Wildman–Crippen MR) is 148 cm³/mol. The van der Waals surface area contributed by atoms with Gasteiger partial charge < -0.3 is 14.9 Å². The first kappa shape index (κ1) is 26.1. The van der Waals surface area contributed by atoms with Gasteiger partial charge in [-0.3, -0.25) is 9.59 Å². The molecule has 4 aromatic rings. The summed E-state index contributed by atoms with van der Waals surface area (Å²) in [5, 5.41) is 23.2. The lowest BCUT2D eigenvalue weighted by Crippen LogP contribution is -2.19. The zero-order chi connectivity index (χ0) is 26.5. The van der Waals surface area contributed by atoms with Crippen LogP contribution in [0, 0.1) is 12.8 Å². The Morgan fingerprint density at radius 2 is 1.49 bits per heavy atom. The molecule has 192 valence electrons. The van der Waals surface area contributed by atoms with Gasteiger partial charge in [-0.15, -0.1) is 0 Å². The Hall–Kier alpha value is -3.93. The number of hydrogen-bond acceptors (Lipinski definition) is 4. The Balaban J connectivity index is 0.000000747. The van der Waals surface area contributed by atoms with E-state index in [0.29, 0.717) is 11.5 Å². The van der Waals surface area contributed by atoms with Gasteiger partial charge >= 0.3 is 0 Å². The zero-order valence-electron chi connectivity index (χ0n) is 21.7. The van der Waals surface area contributed by atoms with Crippen LogP contribution in [0.25, 0.3) is 21.8 Å². The van der Waals surface area contributed by atoms with Crippen molar-refractivity contribution >= 4 is 39.3 Å². The van der Waals surface area contributed by atoms with Crippen LogP contribution in [0.2, 0.25) is 0 Å². The highest BCUT2D eigenvalue weighted by Crippen LogP contribution is 2.34. The summed E-state index contributed by atoms with van der Waals surface area (Å²) < 4.78 is 2.28. The van der Waals surface area contributed by atoms with Crippen molar-refractivity contribution in [1.29, 1.82) is 0 Å². The molecule has 0 bridgehead atoms. The number of fused-ring (bicyclic) bond motifs is 3. The molecule has 6 heteroatoms. The van der Waals surface area contributed by atoms with Gasteiger partial charge in [0, 0.05) is 57.9 Å². The molecule has 0 saturated heterocycles. The molecule has 37 heavy (non-hydrogen) atoms. The van der Waals surface area contributed by atoms with E-state index in [1.165, 1.54) is 19.3 Å². The van der Waals surface area contributed by atoms with Gasteiger partial charge in [-0.2, -0.15) is 0 Å². The zero-order valence-corrected chi connectivity index (χ0v) is 21.7. The number of rotatable bonds is 5. The number of aliphatic carboxylic acids is 1. The molecule has 6 nitrogen and oxygen atoms in total. The van der Waals surface area contributed by atoms with Crippen molar-refractivity contribution in [2.45, 2.75) is 59.4 Å². The topological polar surface area (TPSA) is 91.9 Å². The van der Waals surface area contributed by atoms with Crippen molar-refractivity contribution in [2.24, 2.45) is 11.1 Å². The number of hydrogen-bond donors (Lipinski definition) is 2. The van der Waals surface area contributed by atoms with Crippen LogP contribution in [0.15, 0.2) is 65.8 Å². The quantitative estimate of drug-likeness (QED) is 0.132. The van der Waals surface area contributed by atoms with E-state index < -0.39 is 5.97 Å². The van der Waals surface area contributed by atoms with Gasteiger partial charge in [0.15, 0.2) is 5.78 Å². The molecule has 0 amide bonds. The van der Waals surface area contributed by atoms with Crippen LogP contribution >= 0.6 is 0 Å². The van der Waals surface area contributed by atoms with Crippen molar-refractivity contribution in [3.63, 3.8) is 0 Å². The molecule has 1 aromatic heterocycles. The van der Waals surface area contributed by atoms with Gasteiger partial charge in [-0.25, -0.2) is 0 Å². The minimum absolute atomic E-state index is 0.0448. The van der Waals surface area contributed by atoms with E-state index in [1.807, 2.05) is 43.3 Å². The Bertz CT molecular complexity index is 1470. The van der Waals surface area contributed by atoms with Gasteiger partial charge in [-0.1, -0.05) is 54.8 Å². The number of aromatic nitrogens is 1. The summed E-state index contributed by atoms with van der Waals surface area (Å²) >= 11 is 0. The molecule has 1 fully saturated rings. The molecule has 1 aliphatic rings. The minimum Gasteiger partial charge on any atom is -0.481 e. The van der Waals surface area contributed by atoms with Crippen LogP contribution in [0.1, 0.15) is 73.0 Å². The molecule has 1 heterocycles. The molecule has 0 unspecified atom stereocenters. The van der Waals surface area contributed by atoms with E-state index in [-0.39, 0.29) is 5.78 Å². The highest BCUT2D eigenvalue weighted by molar-refractivity contribution is 6.16. The van der Waals surface area contributed by atoms with E-state index in [4.69, 9.17) is 9.90 Å². The van der Waals surface area contributed by atoms with Crippen molar-refractivity contribution in [3.8, 4) is 0 Å². The summed E-state index contributed by atoms with van der Waals surface area (Å²) in [6.45, 7) is 6.04. The predicted octanol–water partition coefficient (Wildman–Crippen LogP) is 7.20. The standard InChI is InChI=1S/C29H30N2O2.C2H4O2/c1-3-31-26-15-13-21(28(30-33)20-10-5-4-6-11-20)17-24(26)25-18-22(14-16-27(25)31)29(32)23-12-8-7-9-19(23)2;1-2(3)4/h7-9,12-18,20,33H,3-6,10-11H2,1-2H3;1H3,(H,3,4)/b30-28+;. The van der Waals surface area contributed by atoms with Crippen LogP contribution in [0.5, 0.6) is 0 Å². The van der Waals surface area contributed by atoms with Crippen LogP contribution < -0.4 is 0 Å². The second kappa shape index (κ2) is 11.4. The summed E-state index contributed by atoms with van der Waals surface area (Å²) in [6.07, 6.45) is 5.78. The number of carbonyl (C=O) groups excluding carboxylic acids is 1. The number of benzene rings is 3. The third-order valence-electron chi connectivity index (χ3n) is 7.23. The minimum atomic E-state index is -0.833. The first-order chi connectivity index (χ1) is 17.8. The maximum atomic E-state index is 13.3. The first-order valence-corrected chi connectivity index (χ1v) is 12.9. The smallest absolute Gasteiger partial charge is 0.300 e. The number of oxime groups is 1. The highest BCUT2D eigenvalue weighted by atomic mass is 16.4. The lowest BCUT2D eigenvalue weighted by Gasteiger charge is -2.22. The largest absolute Gasteiger partial charge is 0.481 e. The average molecular weight is 499 g/mol. The van der Waals surface area contributed by atoms with E-state index in [9.17, 15) is 10.0 Å². The Kier molecular flexibility index (Phi) is 8.07. The Morgan fingerprint density at radius 1 is 0.919 bits per heavy atom. The Morgan fingerprint density at radius 3 is 2.05 bits per heavy atom. The third kappa shape index (κ3) is 5.43. The Labute approximate surface area is 217 Å². The van der Waals surface area contributed by atoms with Crippen LogP contribution in [0.4, 0.5) is 0 Å². The maximum absolute atomic E-state index is 13.3. The van der Waals surface area contributed by atoms with Crippen LogP contribution in [-0.2, 0) is 11.3 Å². The number of carboxylic acid groups (broad SMARTS) is 1. The van der Waals surface area contributed by atoms with E-state index in [1.54, 1.807) is 0 Å². The fraction of sp³-hybridized carbons (Fsp3) is 0.323. The number of carbonyl (C=O) groups is 2. The number of aryl methyl sites for hydroxylation is 2. The molecular weight excluding hydrogens is 464 g/mol. The molecule has 0 atom stereocenters. The summed E-state index contributed by atoms with van der Waals surface area (Å²) in [6, 6.07) is 20.1. The SMILES string of the molecule is CC(=O)O.CCn1c2ccc(C(=O)c3ccccc3C)cc2c2cc(/C(=N/O)C3CCCCC3)ccc21. The van der Waals surface area contributed by atoms with Crippen molar-refractivity contribution in [3.05, 3.63) is 82.9 Å². The van der Waals surface area contributed by atoms with Crippen molar-refractivity contribution < 1.29 is 19.9 Å². The van der Waals surface area contributed by atoms with Crippen molar-refractivity contribution in [2.75, 3.05) is 0 Å².